The van der Waals surface area contributed by atoms with E-state index in [1.807, 2.05) is 0 Å². The topological polar surface area (TPSA) is 52.5 Å². The molecule has 0 fully saturated rings. The Bertz CT molecular complexity index is 103. The molecule has 0 aliphatic carbocycles. The number of aliphatic hydroxyl groups excluding tert-OH is 2. The largest absolute Gasteiger partial charge is 0.385 e. The van der Waals surface area contributed by atoms with E-state index in [9.17, 15) is 0 Å². The lowest BCUT2D eigenvalue weighted by molar-refractivity contribution is 0.0229. The highest BCUT2D eigenvalue weighted by atomic mass is 16.3. The SMILES string of the molecule is OC1C=CCNC1O. The first kappa shape index (κ1) is 5.75. The first-order valence-corrected chi connectivity index (χ1v) is 2.57. The van der Waals surface area contributed by atoms with E-state index in [2.05, 4.69) is 5.32 Å². The highest BCUT2D eigenvalue weighted by Gasteiger charge is 2.13. The van der Waals surface area contributed by atoms with Crippen LogP contribution in [0.25, 0.3) is 0 Å². The number of hydrogen-bond acceptors (Lipinski definition) is 3. The van der Waals surface area contributed by atoms with Crippen LogP contribution in [-0.2, 0) is 0 Å². The molecular weight excluding hydrogens is 106 g/mol. The van der Waals surface area contributed by atoms with Crippen molar-refractivity contribution in [2.45, 2.75) is 12.3 Å². The van der Waals surface area contributed by atoms with Crippen molar-refractivity contribution in [1.82, 2.24) is 5.32 Å². The van der Waals surface area contributed by atoms with Gasteiger partial charge in [-0.3, -0.25) is 5.32 Å². The Morgan fingerprint density at radius 2 is 2.25 bits per heavy atom. The quantitative estimate of drug-likeness (QED) is 0.348. The summed E-state index contributed by atoms with van der Waals surface area (Å²) in [4.78, 5) is 0. The zero-order chi connectivity index (χ0) is 5.98. The van der Waals surface area contributed by atoms with Crippen LogP contribution in [0.5, 0.6) is 0 Å². The summed E-state index contributed by atoms with van der Waals surface area (Å²) in [6.07, 6.45) is 1.84. The molecule has 0 saturated heterocycles. The summed E-state index contributed by atoms with van der Waals surface area (Å²) < 4.78 is 0. The molecule has 2 atom stereocenters. The average Bonchev–Trinajstić information content (AvgIpc) is 1.77. The average molecular weight is 115 g/mol. The van der Waals surface area contributed by atoms with Gasteiger partial charge in [-0.25, -0.2) is 0 Å². The minimum Gasteiger partial charge on any atom is -0.385 e. The standard InChI is InChI=1S/C5H9NO2/c7-4-2-1-3-6-5(4)8/h1-2,4-8H,3H2. The molecule has 8 heavy (non-hydrogen) atoms. The maximum absolute atomic E-state index is 8.78. The zero-order valence-corrected chi connectivity index (χ0v) is 4.41. The molecule has 3 N–H and O–H groups in total. The highest BCUT2D eigenvalue weighted by Crippen LogP contribution is 1.95. The normalized spacial score (nSPS) is 37.8. The molecule has 0 spiro atoms. The minimum atomic E-state index is -0.778. The fourth-order valence-corrected chi connectivity index (χ4v) is 0.622. The van der Waals surface area contributed by atoms with Crippen LogP contribution in [0.2, 0.25) is 0 Å². The molecule has 0 radical (unpaired) electrons. The van der Waals surface area contributed by atoms with Gasteiger partial charge in [-0.05, 0) is 0 Å². The van der Waals surface area contributed by atoms with Crippen molar-refractivity contribution in [3.63, 3.8) is 0 Å². The van der Waals surface area contributed by atoms with Crippen molar-refractivity contribution in [2.24, 2.45) is 0 Å². The van der Waals surface area contributed by atoms with Crippen LogP contribution in [0.3, 0.4) is 0 Å². The number of hydrogen-bond donors (Lipinski definition) is 3. The third-order valence-electron chi connectivity index (χ3n) is 1.10. The number of aliphatic hydroxyl groups is 2. The molecule has 2 unspecified atom stereocenters. The Morgan fingerprint density at radius 1 is 1.50 bits per heavy atom. The molecule has 1 heterocycles. The Kier molecular flexibility index (Phi) is 1.62. The molecule has 0 aromatic rings. The lowest BCUT2D eigenvalue weighted by Crippen LogP contribution is -2.41. The molecule has 1 rings (SSSR count). The van der Waals surface area contributed by atoms with E-state index in [0.29, 0.717) is 6.54 Å². The first-order valence-electron chi connectivity index (χ1n) is 2.57. The van der Waals surface area contributed by atoms with Crippen molar-refractivity contribution >= 4 is 0 Å². The van der Waals surface area contributed by atoms with E-state index >= 15 is 0 Å². The Labute approximate surface area is 47.6 Å². The molecule has 1 aliphatic heterocycles. The molecule has 3 heteroatoms. The van der Waals surface area contributed by atoms with Gasteiger partial charge in [-0.1, -0.05) is 12.2 Å². The highest BCUT2D eigenvalue weighted by molar-refractivity contribution is 4.97. The van der Waals surface area contributed by atoms with Gasteiger partial charge in [0.1, 0.15) is 12.3 Å². The van der Waals surface area contributed by atoms with Gasteiger partial charge in [0.2, 0.25) is 0 Å². The van der Waals surface area contributed by atoms with E-state index in [0.717, 1.165) is 0 Å². The van der Waals surface area contributed by atoms with Crippen LogP contribution in [-0.4, -0.2) is 29.1 Å². The molecule has 0 amide bonds. The molecule has 0 aromatic heterocycles. The minimum absolute atomic E-state index is 0.637. The molecule has 0 saturated carbocycles. The van der Waals surface area contributed by atoms with Gasteiger partial charge in [0.05, 0.1) is 0 Å². The first-order chi connectivity index (χ1) is 3.80. The lowest BCUT2D eigenvalue weighted by Gasteiger charge is -2.18. The van der Waals surface area contributed by atoms with Gasteiger partial charge in [-0.15, -0.1) is 0 Å². The third-order valence-corrected chi connectivity index (χ3v) is 1.10. The Balaban J connectivity index is 2.47. The molecular formula is C5H9NO2. The molecule has 3 nitrogen and oxygen atoms in total. The van der Waals surface area contributed by atoms with Crippen molar-refractivity contribution in [3.05, 3.63) is 12.2 Å². The van der Waals surface area contributed by atoms with Crippen LogP contribution >= 0.6 is 0 Å². The van der Waals surface area contributed by atoms with Gasteiger partial charge in [0.15, 0.2) is 0 Å². The van der Waals surface area contributed by atoms with Gasteiger partial charge >= 0.3 is 0 Å². The van der Waals surface area contributed by atoms with E-state index in [-0.39, 0.29) is 0 Å². The second kappa shape index (κ2) is 2.26. The van der Waals surface area contributed by atoms with Gasteiger partial charge in [-0.2, -0.15) is 0 Å². The van der Waals surface area contributed by atoms with E-state index in [1.165, 1.54) is 0 Å². The van der Waals surface area contributed by atoms with Crippen molar-refractivity contribution in [1.29, 1.82) is 0 Å². The molecule has 0 aromatic carbocycles. The van der Waals surface area contributed by atoms with Crippen molar-refractivity contribution < 1.29 is 10.2 Å². The van der Waals surface area contributed by atoms with Crippen LogP contribution in [0.4, 0.5) is 0 Å². The van der Waals surface area contributed by atoms with Crippen molar-refractivity contribution in [2.75, 3.05) is 6.54 Å². The van der Waals surface area contributed by atoms with Crippen LogP contribution < -0.4 is 5.32 Å². The monoisotopic (exact) mass is 115 g/mol. The maximum atomic E-state index is 8.78. The van der Waals surface area contributed by atoms with E-state index in [4.69, 9.17) is 10.2 Å². The summed E-state index contributed by atoms with van der Waals surface area (Å²) in [5.41, 5.74) is 0. The fourth-order valence-electron chi connectivity index (χ4n) is 0.622. The summed E-state index contributed by atoms with van der Waals surface area (Å²) in [6, 6.07) is 0. The lowest BCUT2D eigenvalue weighted by atomic mass is 10.2. The van der Waals surface area contributed by atoms with Crippen LogP contribution in [0, 0.1) is 0 Å². The predicted octanol–water partition coefficient (Wildman–Crippen LogP) is -1.17. The van der Waals surface area contributed by atoms with Gasteiger partial charge in [0.25, 0.3) is 0 Å². The number of nitrogens with one attached hydrogen (secondary N) is 1. The Hall–Kier alpha value is -0.380. The Morgan fingerprint density at radius 3 is 2.62 bits per heavy atom. The summed E-state index contributed by atoms with van der Waals surface area (Å²) in [7, 11) is 0. The predicted molar refractivity (Wildman–Crippen MR) is 29.2 cm³/mol. The van der Waals surface area contributed by atoms with E-state index < -0.39 is 12.3 Å². The number of rotatable bonds is 0. The maximum Gasteiger partial charge on any atom is 0.134 e. The van der Waals surface area contributed by atoms with E-state index in [1.54, 1.807) is 12.2 Å². The van der Waals surface area contributed by atoms with Crippen molar-refractivity contribution in [3.8, 4) is 0 Å². The van der Waals surface area contributed by atoms with Crippen LogP contribution in [0.15, 0.2) is 12.2 Å². The summed E-state index contributed by atoms with van der Waals surface area (Å²) >= 11 is 0. The summed E-state index contributed by atoms with van der Waals surface area (Å²) in [5, 5.41) is 20.2. The summed E-state index contributed by atoms with van der Waals surface area (Å²) in [6.45, 7) is 0.637. The van der Waals surface area contributed by atoms with Gasteiger partial charge in [0, 0.05) is 6.54 Å². The van der Waals surface area contributed by atoms with Gasteiger partial charge < -0.3 is 10.2 Å². The molecule has 46 valence electrons. The molecule has 0 bridgehead atoms. The summed E-state index contributed by atoms with van der Waals surface area (Å²) in [5.74, 6) is 0. The third kappa shape index (κ3) is 1.06. The smallest absolute Gasteiger partial charge is 0.134 e. The second-order valence-corrected chi connectivity index (χ2v) is 1.77. The zero-order valence-electron chi connectivity index (χ0n) is 4.41. The molecule has 1 aliphatic rings. The fraction of sp³-hybridized carbons (Fsp3) is 0.600. The second-order valence-electron chi connectivity index (χ2n) is 1.77. The van der Waals surface area contributed by atoms with Crippen LogP contribution in [0.1, 0.15) is 0 Å².